The van der Waals surface area contributed by atoms with Gasteiger partial charge in [-0.25, -0.2) is 9.36 Å². The van der Waals surface area contributed by atoms with Crippen LogP contribution in [0, 0.1) is 12.1 Å². The van der Waals surface area contributed by atoms with Crippen LogP contribution in [0.2, 0.25) is 0 Å². The maximum absolute atomic E-state index is 4.96. The summed E-state index contributed by atoms with van der Waals surface area (Å²) in [7, 11) is 2.05. The molecule has 0 amide bonds. The van der Waals surface area contributed by atoms with E-state index in [4.69, 9.17) is 9.97 Å². The molecular formula is C37H24N8Pt. The molecule has 46 heavy (non-hydrogen) atoms. The Hall–Kier alpha value is -5.59. The average molecular weight is 776 g/mol. The number of fused-ring (bicyclic) bond motifs is 4. The summed E-state index contributed by atoms with van der Waals surface area (Å²) in [5.74, 6) is 0.867. The van der Waals surface area contributed by atoms with Crippen molar-refractivity contribution in [2.75, 3.05) is 0 Å². The number of nitrogens with zero attached hydrogens (tertiary/aromatic N) is 8. The molecule has 0 N–H and O–H groups in total. The summed E-state index contributed by atoms with van der Waals surface area (Å²) in [6, 6.07) is 40.3. The predicted molar refractivity (Wildman–Crippen MR) is 176 cm³/mol. The molecule has 0 spiro atoms. The van der Waals surface area contributed by atoms with Crippen molar-refractivity contribution < 1.29 is 21.1 Å². The molecule has 0 aliphatic rings. The molecule has 0 unspecified atom stereocenters. The van der Waals surface area contributed by atoms with Crippen molar-refractivity contribution in [1.82, 2.24) is 38.7 Å². The second-order valence-corrected chi connectivity index (χ2v) is 10.9. The van der Waals surface area contributed by atoms with Gasteiger partial charge in [0, 0.05) is 43.5 Å². The maximum atomic E-state index is 4.96. The van der Waals surface area contributed by atoms with Crippen LogP contribution in [0.4, 0.5) is 0 Å². The van der Waals surface area contributed by atoms with E-state index in [9.17, 15) is 0 Å². The Kier molecular flexibility index (Phi) is 6.73. The van der Waals surface area contributed by atoms with Crippen LogP contribution in [-0.4, -0.2) is 38.7 Å². The number of hydrogen-bond acceptors (Lipinski definition) is 4. The van der Waals surface area contributed by atoms with E-state index in [0.29, 0.717) is 0 Å². The van der Waals surface area contributed by atoms with Gasteiger partial charge in [-0.2, -0.15) is 10.2 Å². The van der Waals surface area contributed by atoms with Gasteiger partial charge in [-0.1, -0.05) is 23.6 Å². The fourth-order valence-corrected chi connectivity index (χ4v) is 6.10. The van der Waals surface area contributed by atoms with E-state index in [1.54, 1.807) is 17.1 Å². The maximum Gasteiger partial charge on any atom is 2.00 e. The van der Waals surface area contributed by atoms with Gasteiger partial charge in [0.15, 0.2) is 0 Å². The van der Waals surface area contributed by atoms with Gasteiger partial charge in [0.05, 0.1) is 28.2 Å². The third kappa shape index (κ3) is 4.49. The smallest absolute Gasteiger partial charge is 0.367 e. The molecule has 0 radical (unpaired) electrons. The van der Waals surface area contributed by atoms with Crippen molar-refractivity contribution in [1.29, 1.82) is 0 Å². The molecule has 4 aromatic carbocycles. The van der Waals surface area contributed by atoms with E-state index in [0.717, 1.165) is 72.5 Å². The Morgan fingerprint density at radius 3 is 2.22 bits per heavy atom. The second-order valence-electron chi connectivity index (χ2n) is 10.9. The van der Waals surface area contributed by atoms with Crippen LogP contribution in [-0.2, 0) is 28.1 Å². The number of imidazole rings is 1. The minimum Gasteiger partial charge on any atom is -0.367 e. The van der Waals surface area contributed by atoms with Gasteiger partial charge in [-0.3, -0.25) is 4.98 Å². The predicted octanol–water partition coefficient (Wildman–Crippen LogP) is 7.37. The van der Waals surface area contributed by atoms with Gasteiger partial charge >= 0.3 is 21.1 Å². The largest absolute Gasteiger partial charge is 2.00 e. The Balaban J connectivity index is 0.00000312. The standard InChI is InChI=1S/C37H24N8.Pt/c1-42-35-10-3-2-9-33(35)41-37(42)26-11-14-30-31-23-27(43-19-5-17-39-43)13-16-34(31)45(36(30)22-26)28-8-4-7-25(21-28)32-15-12-29(24-38-32)44-20-6-18-40-44;/h2-20,23-24H,1H3;/q-2;+2. The van der Waals surface area contributed by atoms with Gasteiger partial charge in [-0.05, 0) is 70.8 Å². The third-order valence-electron chi connectivity index (χ3n) is 8.27. The van der Waals surface area contributed by atoms with E-state index >= 15 is 0 Å². The van der Waals surface area contributed by atoms with Crippen LogP contribution in [0.15, 0.2) is 128 Å². The fraction of sp³-hybridized carbons (Fsp3) is 0.0270. The summed E-state index contributed by atoms with van der Waals surface area (Å²) in [4.78, 5) is 9.71. The number of pyridine rings is 1. The van der Waals surface area contributed by atoms with Crippen LogP contribution in [0.3, 0.4) is 0 Å². The minimum atomic E-state index is 0. The molecule has 0 saturated carbocycles. The molecule has 9 heteroatoms. The minimum absolute atomic E-state index is 0. The van der Waals surface area contributed by atoms with Crippen molar-refractivity contribution in [2.45, 2.75) is 0 Å². The number of aryl methyl sites for hydroxylation is 1. The topological polar surface area (TPSA) is 71.3 Å². The van der Waals surface area contributed by atoms with E-state index in [1.165, 1.54) is 0 Å². The zero-order valence-electron chi connectivity index (χ0n) is 24.5. The average Bonchev–Trinajstić information content (AvgIpc) is 3.91. The number of para-hydroxylation sites is 2. The van der Waals surface area contributed by atoms with Crippen molar-refractivity contribution in [2.24, 2.45) is 7.05 Å². The molecule has 0 atom stereocenters. The van der Waals surface area contributed by atoms with Crippen molar-refractivity contribution in [3.8, 4) is 39.7 Å². The quantitative estimate of drug-likeness (QED) is 0.171. The first-order valence-corrected chi connectivity index (χ1v) is 14.6. The molecule has 5 heterocycles. The number of benzene rings is 4. The van der Waals surface area contributed by atoms with Crippen molar-refractivity contribution in [3.05, 3.63) is 140 Å². The molecule has 0 saturated heterocycles. The molecule has 0 aliphatic carbocycles. The monoisotopic (exact) mass is 775 g/mol. The summed E-state index contributed by atoms with van der Waals surface area (Å²) in [5.41, 5.74) is 9.48. The van der Waals surface area contributed by atoms with E-state index in [1.807, 2.05) is 71.8 Å². The molecule has 8 nitrogen and oxygen atoms in total. The second kappa shape index (κ2) is 11.1. The van der Waals surface area contributed by atoms with Crippen molar-refractivity contribution in [3.63, 3.8) is 0 Å². The molecule has 9 rings (SSSR count). The molecule has 0 bridgehead atoms. The summed E-state index contributed by atoms with van der Waals surface area (Å²) in [6.07, 6.45) is 9.24. The number of aromatic nitrogens is 8. The zero-order valence-corrected chi connectivity index (χ0v) is 26.8. The fourth-order valence-electron chi connectivity index (χ4n) is 6.10. The Morgan fingerprint density at radius 2 is 1.46 bits per heavy atom. The van der Waals surface area contributed by atoms with E-state index in [2.05, 4.69) is 87.0 Å². The van der Waals surface area contributed by atoms with Gasteiger partial charge < -0.3 is 14.1 Å². The normalized spacial score (nSPS) is 11.4. The summed E-state index contributed by atoms with van der Waals surface area (Å²) in [6.45, 7) is 0. The third-order valence-corrected chi connectivity index (χ3v) is 8.27. The van der Waals surface area contributed by atoms with Crippen LogP contribution in [0.1, 0.15) is 0 Å². The molecule has 9 aromatic rings. The molecule has 5 aromatic heterocycles. The van der Waals surface area contributed by atoms with Crippen LogP contribution in [0.5, 0.6) is 0 Å². The van der Waals surface area contributed by atoms with E-state index in [-0.39, 0.29) is 21.1 Å². The zero-order chi connectivity index (χ0) is 29.9. The Morgan fingerprint density at radius 1 is 0.652 bits per heavy atom. The van der Waals surface area contributed by atoms with Crippen LogP contribution < -0.4 is 0 Å². The first-order valence-electron chi connectivity index (χ1n) is 14.6. The summed E-state index contributed by atoms with van der Waals surface area (Å²) in [5, 5.41) is 11.0. The molecule has 222 valence electrons. The Labute approximate surface area is 278 Å². The first kappa shape index (κ1) is 27.9. The summed E-state index contributed by atoms with van der Waals surface area (Å²) < 4.78 is 8.03. The van der Waals surface area contributed by atoms with E-state index < -0.39 is 0 Å². The van der Waals surface area contributed by atoms with Gasteiger partial charge in [0.1, 0.15) is 0 Å². The van der Waals surface area contributed by atoms with Crippen molar-refractivity contribution >= 4 is 32.8 Å². The van der Waals surface area contributed by atoms with Crippen LogP contribution >= 0.6 is 0 Å². The van der Waals surface area contributed by atoms with Crippen LogP contribution in [0.25, 0.3) is 72.5 Å². The number of rotatable bonds is 5. The first-order chi connectivity index (χ1) is 22.2. The summed E-state index contributed by atoms with van der Waals surface area (Å²) >= 11 is 0. The number of hydrogen-bond donors (Lipinski definition) is 0. The van der Waals surface area contributed by atoms with Gasteiger partial charge in [0.25, 0.3) is 0 Å². The molecular weight excluding hydrogens is 752 g/mol. The SMILES string of the molecule is Cn1c(-c2[c-]c3c(cc2)c2cc(-n4cccn4)ccc2n3-c2[c-]c(-c3ccc(-n4cccn4)cn3)ccc2)nc2ccccc21.[Pt+2]. The van der Waals surface area contributed by atoms with Gasteiger partial charge in [0.2, 0.25) is 0 Å². The molecule has 0 fully saturated rings. The van der Waals surface area contributed by atoms with Gasteiger partial charge in [-0.15, -0.1) is 53.6 Å². The Bertz CT molecular complexity index is 2490. The molecule has 0 aliphatic heterocycles.